The number of H-pyrrole nitrogens is 1. The molecular formula is C31H35FN4O2. The first-order chi connectivity index (χ1) is 18.2. The third kappa shape index (κ3) is 5.77. The standard InChI is InChI=1S/C31H35FN4O2/c1-6-7-14-36(27-18-22-11-9-13-33-29(22)35-30(27)37)31(38)34-28-25(19(2)3)16-23(17-26(28)20(4)5)21-10-8-12-24(32)15-21/h8-13,15-20H,6-7,14H2,1-5H3,(H,34,38)(H,33,35,37). The Labute approximate surface area is 222 Å². The van der Waals surface area contributed by atoms with Crippen LogP contribution in [0.15, 0.2) is 65.6 Å². The summed E-state index contributed by atoms with van der Waals surface area (Å²) >= 11 is 0. The van der Waals surface area contributed by atoms with Crippen LogP contribution in [0.2, 0.25) is 0 Å². The molecule has 0 bridgehead atoms. The lowest BCUT2D eigenvalue weighted by molar-refractivity contribution is 0.256. The van der Waals surface area contributed by atoms with E-state index >= 15 is 0 Å². The highest BCUT2D eigenvalue weighted by atomic mass is 19.1. The van der Waals surface area contributed by atoms with Crippen LogP contribution in [0.5, 0.6) is 0 Å². The third-order valence-corrected chi connectivity index (χ3v) is 6.70. The average Bonchev–Trinajstić information content (AvgIpc) is 2.88. The second-order valence-electron chi connectivity index (χ2n) is 10.2. The van der Waals surface area contributed by atoms with Crippen molar-refractivity contribution in [3.63, 3.8) is 0 Å². The monoisotopic (exact) mass is 514 g/mol. The first kappa shape index (κ1) is 27.0. The van der Waals surface area contributed by atoms with Gasteiger partial charge in [-0.2, -0.15) is 0 Å². The van der Waals surface area contributed by atoms with E-state index in [1.807, 2.05) is 31.2 Å². The number of amides is 2. The Kier molecular flexibility index (Phi) is 8.25. The first-order valence-electron chi connectivity index (χ1n) is 13.2. The van der Waals surface area contributed by atoms with Gasteiger partial charge in [0.1, 0.15) is 17.2 Å². The van der Waals surface area contributed by atoms with Crippen LogP contribution in [0.3, 0.4) is 0 Å². The van der Waals surface area contributed by atoms with Crippen LogP contribution in [0.25, 0.3) is 22.2 Å². The zero-order chi connectivity index (χ0) is 27.4. The number of aromatic nitrogens is 2. The third-order valence-electron chi connectivity index (χ3n) is 6.70. The first-order valence-corrected chi connectivity index (χ1v) is 13.2. The van der Waals surface area contributed by atoms with Crippen molar-refractivity contribution in [1.29, 1.82) is 0 Å². The molecule has 2 amide bonds. The van der Waals surface area contributed by atoms with Crippen LogP contribution < -0.4 is 15.8 Å². The summed E-state index contributed by atoms with van der Waals surface area (Å²) in [6.07, 6.45) is 3.23. The van der Waals surface area contributed by atoms with Gasteiger partial charge >= 0.3 is 6.03 Å². The molecule has 2 N–H and O–H groups in total. The number of carbonyl (C=O) groups excluding carboxylic acids is 1. The minimum Gasteiger partial charge on any atom is -0.307 e. The molecular weight excluding hydrogens is 479 g/mol. The number of hydrogen-bond acceptors (Lipinski definition) is 3. The van der Waals surface area contributed by atoms with E-state index in [0.717, 1.165) is 46.2 Å². The van der Waals surface area contributed by atoms with Crippen molar-refractivity contribution in [3.05, 3.63) is 88.1 Å². The van der Waals surface area contributed by atoms with E-state index in [0.29, 0.717) is 12.2 Å². The molecule has 0 saturated heterocycles. The van der Waals surface area contributed by atoms with E-state index in [4.69, 9.17) is 0 Å². The van der Waals surface area contributed by atoms with E-state index < -0.39 is 0 Å². The second-order valence-corrected chi connectivity index (χ2v) is 10.2. The van der Waals surface area contributed by atoms with E-state index in [9.17, 15) is 14.0 Å². The van der Waals surface area contributed by atoms with Gasteiger partial charge in [-0.3, -0.25) is 9.69 Å². The molecule has 0 aliphatic carbocycles. The normalized spacial score (nSPS) is 11.4. The highest BCUT2D eigenvalue weighted by Gasteiger charge is 2.24. The average molecular weight is 515 g/mol. The van der Waals surface area contributed by atoms with Gasteiger partial charge in [-0.1, -0.05) is 53.2 Å². The fraction of sp³-hybridized carbons (Fsp3) is 0.323. The number of fused-ring (bicyclic) bond motifs is 1. The van der Waals surface area contributed by atoms with Crippen LogP contribution in [0.1, 0.15) is 70.4 Å². The van der Waals surface area contributed by atoms with Crippen LogP contribution in [-0.2, 0) is 0 Å². The summed E-state index contributed by atoms with van der Waals surface area (Å²) in [6, 6.07) is 15.6. The van der Waals surface area contributed by atoms with Crippen molar-refractivity contribution in [3.8, 4) is 11.1 Å². The van der Waals surface area contributed by atoms with Crippen molar-refractivity contribution >= 4 is 28.4 Å². The Hall–Kier alpha value is -4.00. The fourth-order valence-corrected chi connectivity index (χ4v) is 4.62. The number of nitrogens with one attached hydrogen (secondary N) is 2. The molecule has 0 aliphatic heterocycles. The predicted molar refractivity (Wildman–Crippen MR) is 154 cm³/mol. The van der Waals surface area contributed by atoms with Crippen LogP contribution >= 0.6 is 0 Å². The number of urea groups is 1. The molecule has 198 valence electrons. The molecule has 2 heterocycles. The van der Waals surface area contributed by atoms with Gasteiger partial charge in [-0.15, -0.1) is 0 Å². The molecule has 2 aromatic carbocycles. The molecule has 7 heteroatoms. The number of rotatable bonds is 8. The van der Waals surface area contributed by atoms with Crippen molar-refractivity contribution < 1.29 is 9.18 Å². The zero-order valence-corrected chi connectivity index (χ0v) is 22.6. The molecule has 0 atom stereocenters. The van der Waals surface area contributed by atoms with Crippen LogP contribution in [0, 0.1) is 5.82 Å². The molecule has 4 rings (SSSR count). The summed E-state index contributed by atoms with van der Waals surface area (Å²) in [5.41, 5.74) is 4.73. The maximum Gasteiger partial charge on any atom is 0.326 e. The van der Waals surface area contributed by atoms with Gasteiger partial charge in [0.15, 0.2) is 0 Å². The molecule has 6 nitrogen and oxygen atoms in total. The smallest absolute Gasteiger partial charge is 0.307 e. The van der Waals surface area contributed by atoms with Crippen LogP contribution in [-0.4, -0.2) is 22.5 Å². The van der Waals surface area contributed by atoms with Gasteiger partial charge in [0.05, 0.1) is 0 Å². The number of unbranched alkanes of at least 4 members (excludes halogenated alkanes) is 1. The molecule has 0 unspecified atom stereocenters. The molecule has 2 aromatic heterocycles. The summed E-state index contributed by atoms with van der Waals surface area (Å²) in [5, 5.41) is 3.91. The van der Waals surface area contributed by atoms with Gasteiger partial charge < -0.3 is 10.3 Å². The highest BCUT2D eigenvalue weighted by Crippen LogP contribution is 2.37. The number of aromatic amines is 1. The van der Waals surface area contributed by atoms with E-state index in [1.165, 1.54) is 17.0 Å². The number of anilines is 2. The Morgan fingerprint density at radius 2 is 1.71 bits per heavy atom. The topological polar surface area (TPSA) is 78.1 Å². The van der Waals surface area contributed by atoms with Crippen molar-refractivity contribution in [1.82, 2.24) is 9.97 Å². The van der Waals surface area contributed by atoms with Gasteiger partial charge in [0.25, 0.3) is 5.56 Å². The second kappa shape index (κ2) is 11.6. The van der Waals surface area contributed by atoms with Crippen molar-refractivity contribution in [2.24, 2.45) is 0 Å². The molecule has 0 saturated carbocycles. The lowest BCUT2D eigenvalue weighted by Crippen LogP contribution is -2.39. The van der Waals surface area contributed by atoms with Gasteiger partial charge in [0.2, 0.25) is 0 Å². The van der Waals surface area contributed by atoms with Crippen molar-refractivity contribution in [2.75, 3.05) is 16.8 Å². The number of nitrogens with zero attached hydrogens (tertiary/aromatic N) is 2. The lowest BCUT2D eigenvalue weighted by Gasteiger charge is -2.27. The summed E-state index contributed by atoms with van der Waals surface area (Å²) < 4.78 is 14.0. The molecule has 0 aliphatic rings. The quantitative estimate of drug-likeness (QED) is 0.252. The van der Waals surface area contributed by atoms with Gasteiger partial charge in [0, 0.05) is 23.8 Å². The summed E-state index contributed by atoms with van der Waals surface area (Å²) in [4.78, 5) is 35.4. The molecule has 4 aromatic rings. The molecule has 0 spiro atoms. The van der Waals surface area contributed by atoms with Gasteiger partial charge in [-0.05, 0) is 83.0 Å². The van der Waals surface area contributed by atoms with E-state index in [2.05, 4.69) is 43.0 Å². The maximum atomic E-state index is 14.0. The Balaban J connectivity index is 1.80. The van der Waals surface area contributed by atoms with E-state index in [1.54, 1.807) is 24.4 Å². The number of benzene rings is 2. The number of carbonyl (C=O) groups is 1. The Bertz CT molecular complexity index is 1480. The minimum atomic E-state index is -0.366. The minimum absolute atomic E-state index is 0.0931. The predicted octanol–water partition coefficient (Wildman–Crippen LogP) is 7.81. The Morgan fingerprint density at radius 3 is 2.34 bits per heavy atom. The highest BCUT2D eigenvalue weighted by molar-refractivity contribution is 6.03. The molecule has 0 radical (unpaired) electrons. The summed E-state index contributed by atoms with van der Waals surface area (Å²) in [6.45, 7) is 10.7. The number of hydrogen-bond donors (Lipinski definition) is 2. The Morgan fingerprint density at radius 1 is 1.00 bits per heavy atom. The van der Waals surface area contributed by atoms with Gasteiger partial charge in [-0.25, -0.2) is 14.2 Å². The van der Waals surface area contributed by atoms with Crippen molar-refractivity contribution in [2.45, 2.75) is 59.3 Å². The largest absolute Gasteiger partial charge is 0.326 e. The maximum absolute atomic E-state index is 14.0. The zero-order valence-electron chi connectivity index (χ0n) is 22.6. The number of pyridine rings is 2. The van der Waals surface area contributed by atoms with E-state index in [-0.39, 0.29) is 34.9 Å². The summed E-state index contributed by atoms with van der Waals surface area (Å²) in [7, 11) is 0. The number of halogens is 1. The fourth-order valence-electron chi connectivity index (χ4n) is 4.62. The molecule has 38 heavy (non-hydrogen) atoms. The summed E-state index contributed by atoms with van der Waals surface area (Å²) in [5.74, 6) is -0.106. The molecule has 0 fully saturated rings. The SMILES string of the molecule is CCCCN(C(=O)Nc1c(C(C)C)cc(-c2cccc(F)c2)cc1C(C)C)c1cc2cccnc2[nH]c1=O. The van der Waals surface area contributed by atoms with Crippen LogP contribution in [0.4, 0.5) is 20.6 Å². The lowest BCUT2D eigenvalue weighted by atomic mass is 9.88.